The highest BCUT2D eigenvalue weighted by molar-refractivity contribution is 5.79. The van der Waals surface area contributed by atoms with E-state index in [9.17, 15) is 10.1 Å². The van der Waals surface area contributed by atoms with Crippen LogP contribution in [0.1, 0.15) is 37.9 Å². The maximum atomic E-state index is 11.9. The second kappa shape index (κ2) is 7.59. The number of fused-ring (bicyclic) bond motifs is 1. The zero-order chi connectivity index (χ0) is 19.7. The lowest BCUT2D eigenvalue weighted by Gasteiger charge is -2.40. The molecule has 1 amide bonds. The number of pyridine rings is 1. The molecule has 2 aromatic rings. The van der Waals surface area contributed by atoms with Gasteiger partial charge in [0.25, 0.3) is 0 Å². The number of hydrogen-bond acceptors (Lipinski definition) is 3. The topological polar surface area (TPSA) is 65.8 Å². The molecule has 4 heteroatoms. The molecule has 1 aliphatic carbocycles. The van der Waals surface area contributed by atoms with Crippen molar-refractivity contribution in [1.29, 1.82) is 5.26 Å². The Bertz CT molecular complexity index is 941. The fourth-order valence-electron chi connectivity index (χ4n) is 4.77. The highest BCUT2D eigenvalue weighted by Gasteiger charge is 2.44. The number of carbonyl (C=O) groups excluding carboxylic acids is 1. The van der Waals surface area contributed by atoms with Crippen molar-refractivity contribution >= 4 is 12.0 Å². The zero-order valence-corrected chi connectivity index (χ0v) is 16.3. The van der Waals surface area contributed by atoms with Gasteiger partial charge in [0.15, 0.2) is 0 Å². The molecule has 28 heavy (non-hydrogen) atoms. The molecule has 2 aliphatic rings. The second-order valence-electron chi connectivity index (χ2n) is 8.18. The highest BCUT2D eigenvalue weighted by Crippen LogP contribution is 2.43. The number of nitrogens with zero attached hydrogens (tertiary/aromatic N) is 2. The van der Waals surface area contributed by atoms with Gasteiger partial charge in [-0.2, -0.15) is 5.26 Å². The third-order valence-corrected chi connectivity index (χ3v) is 6.54. The number of carbonyl (C=O) groups is 1. The minimum atomic E-state index is 0.188. The average Bonchev–Trinajstić information content (AvgIpc) is 3.08. The third-order valence-electron chi connectivity index (χ3n) is 6.54. The van der Waals surface area contributed by atoms with Gasteiger partial charge in [-0.15, -0.1) is 0 Å². The first-order valence-electron chi connectivity index (χ1n) is 10.00. The van der Waals surface area contributed by atoms with Crippen molar-refractivity contribution in [2.75, 3.05) is 0 Å². The Hall–Kier alpha value is -2.93. The van der Waals surface area contributed by atoms with Crippen LogP contribution in [0.3, 0.4) is 0 Å². The third kappa shape index (κ3) is 3.45. The number of amides is 1. The smallest absolute Gasteiger partial charge is 0.220 e. The number of nitriles is 1. The number of hydrogen-bond donors (Lipinski definition) is 1. The molecule has 1 saturated heterocycles. The largest absolute Gasteiger partial charge is 0.353 e. The van der Waals surface area contributed by atoms with Crippen molar-refractivity contribution in [3.8, 4) is 17.2 Å². The molecule has 0 unspecified atom stereocenters. The summed E-state index contributed by atoms with van der Waals surface area (Å²) >= 11 is 0. The minimum Gasteiger partial charge on any atom is -0.353 e. The van der Waals surface area contributed by atoms with E-state index in [4.69, 9.17) is 0 Å². The molecule has 1 saturated carbocycles. The van der Waals surface area contributed by atoms with Crippen molar-refractivity contribution in [3.05, 3.63) is 59.9 Å². The van der Waals surface area contributed by atoms with Crippen LogP contribution in [0.5, 0.6) is 0 Å². The van der Waals surface area contributed by atoms with Gasteiger partial charge in [-0.05, 0) is 48.3 Å². The maximum Gasteiger partial charge on any atom is 0.220 e. The van der Waals surface area contributed by atoms with E-state index < -0.39 is 0 Å². The lowest BCUT2D eigenvalue weighted by Crippen LogP contribution is -2.42. The van der Waals surface area contributed by atoms with Gasteiger partial charge in [0.1, 0.15) is 0 Å². The van der Waals surface area contributed by atoms with Gasteiger partial charge in [-0.3, -0.25) is 9.78 Å². The number of rotatable bonds is 3. The summed E-state index contributed by atoms with van der Waals surface area (Å²) in [5.41, 5.74) is 3.40. The molecule has 1 aromatic heterocycles. The van der Waals surface area contributed by atoms with Crippen molar-refractivity contribution in [1.82, 2.24) is 10.3 Å². The molecule has 1 aliphatic heterocycles. The van der Waals surface area contributed by atoms with Crippen LogP contribution < -0.4 is 5.32 Å². The fourth-order valence-corrected chi connectivity index (χ4v) is 4.77. The summed E-state index contributed by atoms with van der Waals surface area (Å²) in [6, 6.07) is 14.1. The van der Waals surface area contributed by atoms with Crippen LogP contribution in [-0.2, 0) is 4.79 Å². The van der Waals surface area contributed by atoms with Crippen LogP contribution in [0.2, 0.25) is 0 Å². The second-order valence-corrected chi connectivity index (χ2v) is 8.18. The first-order valence-corrected chi connectivity index (χ1v) is 10.00. The molecule has 4 rings (SSSR count). The van der Waals surface area contributed by atoms with E-state index in [2.05, 4.69) is 42.4 Å². The molecule has 142 valence electrons. The van der Waals surface area contributed by atoms with E-state index in [1.54, 1.807) is 0 Å². The molecule has 1 N–H and O–H groups in total. The van der Waals surface area contributed by atoms with E-state index in [0.29, 0.717) is 41.7 Å². The van der Waals surface area contributed by atoms with Crippen LogP contribution in [0.4, 0.5) is 0 Å². The van der Waals surface area contributed by atoms with Crippen LogP contribution in [0.15, 0.2) is 48.7 Å². The van der Waals surface area contributed by atoms with E-state index in [0.717, 1.165) is 23.2 Å². The zero-order valence-electron chi connectivity index (χ0n) is 16.3. The number of aromatic nitrogens is 1. The molecule has 2 heterocycles. The van der Waals surface area contributed by atoms with E-state index in [1.807, 2.05) is 42.6 Å². The van der Waals surface area contributed by atoms with Gasteiger partial charge in [0.05, 0.1) is 17.3 Å². The standard InChI is InChI=1S/C24H25N3O/c1-15-11-23-22(12-24(28)27-23)20(16(15)2)10-9-19-8-7-18(14-26-19)21-6-4-3-5-17(21)13-25/h3-10,14-16,20,22-23H,11-12H2,1-2H3,(H,27,28)/t15-,16+,20-,22-,23+/m0/s1. The Labute approximate surface area is 166 Å². The van der Waals surface area contributed by atoms with Crippen LogP contribution in [-0.4, -0.2) is 16.9 Å². The van der Waals surface area contributed by atoms with E-state index in [1.165, 1.54) is 0 Å². The maximum absolute atomic E-state index is 11.9. The number of allylic oxidation sites excluding steroid dienone is 1. The van der Waals surface area contributed by atoms with Gasteiger partial charge >= 0.3 is 0 Å². The summed E-state index contributed by atoms with van der Waals surface area (Å²) in [6.45, 7) is 4.58. The molecular weight excluding hydrogens is 346 g/mol. The van der Waals surface area contributed by atoms with Crippen LogP contribution in [0, 0.1) is 35.0 Å². The average molecular weight is 371 g/mol. The SMILES string of the molecule is C[C@H]1[C@H](C=Cc2ccc(-c3ccccc3C#N)cn2)[C@@H]2CC(=O)N[C@@H]2C[C@@H]1C. The first kappa shape index (κ1) is 18.4. The molecule has 4 nitrogen and oxygen atoms in total. The van der Waals surface area contributed by atoms with E-state index >= 15 is 0 Å². The Balaban J connectivity index is 1.54. The van der Waals surface area contributed by atoms with Crippen molar-refractivity contribution in [2.45, 2.75) is 32.7 Å². The lowest BCUT2D eigenvalue weighted by atomic mass is 9.66. The summed E-state index contributed by atoms with van der Waals surface area (Å²) in [4.78, 5) is 16.5. The fraction of sp³-hybridized carbons (Fsp3) is 0.375. The molecule has 2 fully saturated rings. The number of nitrogens with one attached hydrogen (secondary N) is 1. The van der Waals surface area contributed by atoms with Gasteiger partial charge in [-0.1, -0.05) is 44.2 Å². The Morgan fingerprint density at radius 3 is 2.79 bits per heavy atom. The molecule has 0 bridgehead atoms. The predicted molar refractivity (Wildman–Crippen MR) is 110 cm³/mol. The van der Waals surface area contributed by atoms with Crippen LogP contribution in [0.25, 0.3) is 17.2 Å². The van der Waals surface area contributed by atoms with Gasteiger partial charge < -0.3 is 5.32 Å². The molecule has 0 radical (unpaired) electrons. The van der Waals surface area contributed by atoms with Gasteiger partial charge in [-0.25, -0.2) is 0 Å². The van der Waals surface area contributed by atoms with Gasteiger partial charge in [0.2, 0.25) is 5.91 Å². The molecule has 0 spiro atoms. The molecule has 5 atom stereocenters. The van der Waals surface area contributed by atoms with Crippen molar-refractivity contribution in [3.63, 3.8) is 0 Å². The Morgan fingerprint density at radius 2 is 2.04 bits per heavy atom. The summed E-state index contributed by atoms with van der Waals surface area (Å²) < 4.78 is 0. The van der Waals surface area contributed by atoms with Gasteiger partial charge in [0, 0.05) is 29.8 Å². The number of benzene rings is 1. The molecular formula is C24H25N3O. The van der Waals surface area contributed by atoms with Crippen molar-refractivity contribution in [2.24, 2.45) is 23.7 Å². The molecule has 1 aromatic carbocycles. The van der Waals surface area contributed by atoms with Crippen LogP contribution >= 0.6 is 0 Å². The highest BCUT2D eigenvalue weighted by atomic mass is 16.2. The summed E-state index contributed by atoms with van der Waals surface area (Å²) in [5.74, 6) is 2.10. The summed E-state index contributed by atoms with van der Waals surface area (Å²) in [7, 11) is 0. The van der Waals surface area contributed by atoms with Crippen molar-refractivity contribution < 1.29 is 4.79 Å². The monoisotopic (exact) mass is 371 g/mol. The Morgan fingerprint density at radius 1 is 1.21 bits per heavy atom. The van der Waals surface area contributed by atoms with E-state index in [-0.39, 0.29) is 5.91 Å². The lowest BCUT2D eigenvalue weighted by molar-refractivity contribution is -0.119. The first-order chi connectivity index (χ1) is 13.6. The predicted octanol–water partition coefficient (Wildman–Crippen LogP) is 4.43. The minimum absolute atomic E-state index is 0.188. The Kier molecular flexibility index (Phi) is 5.00. The normalized spacial score (nSPS) is 29.3. The summed E-state index contributed by atoms with van der Waals surface area (Å²) in [5, 5.41) is 12.4. The summed E-state index contributed by atoms with van der Waals surface area (Å²) in [6.07, 6.45) is 7.87. The quantitative estimate of drug-likeness (QED) is 0.868.